The Hall–Kier alpha value is -2.33. The van der Waals surface area contributed by atoms with E-state index >= 15 is 0 Å². The van der Waals surface area contributed by atoms with Gasteiger partial charge in [-0.1, -0.05) is 54.6 Å². The summed E-state index contributed by atoms with van der Waals surface area (Å²) in [4.78, 5) is 12.1. The summed E-state index contributed by atoms with van der Waals surface area (Å²) in [6.07, 6.45) is 0. The molecule has 134 valence electrons. The number of benzene rings is 2. The van der Waals surface area contributed by atoms with Crippen LogP contribution in [0.3, 0.4) is 0 Å². The number of urea groups is 1. The molecule has 0 saturated heterocycles. The van der Waals surface area contributed by atoms with Crippen LogP contribution in [0.1, 0.15) is 50.4 Å². The van der Waals surface area contributed by atoms with E-state index in [1.807, 2.05) is 76.2 Å². The Kier molecular flexibility index (Phi) is 6.59. The summed E-state index contributed by atoms with van der Waals surface area (Å²) in [7, 11) is 0. The van der Waals surface area contributed by atoms with Crippen molar-refractivity contribution < 1.29 is 9.53 Å². The van der Waals surface area contributed by atoms with Gasteiger partial charge in [0, 0.05) is 6.54 Å². The number of amides is 2. The van der Waals surface area contributed by atoms with Crippen molar-refractivity contribution in [3.8, 4) is 0 Å². The van der Waals surface area contributed by atoms with Crippen molar-refractivity contribution in [2.75, 3.05) is 0 Å². The first-order chi connectivity index (χ1) is 11.8. The van der Waals surface area contributed by atoms with Crippen molar-refractivity contribution >= 4 is 6.03 Å². The lowest BCUT2D eigenvalue weighted by atomic mass is 10.1. The summed E-state index contributed by atoms with van der Waals surface area (Å²) in [6.45, 7) is 9.13. The molecule has 0 fully saturated rings. The SMILES string of the molecule is CC(NC(=O)NCc1cccc(COC(C)(C)C)c1)c1ccccc1. The van der Waals surface area contributed by atoms with Crippen LogP contribution >= 0.6 is 0 Å². The lowest BCUT2D eigenvalue weighted by Gasteiger charge is -2.19. The monoisotopic (exact) mass is 340 g/mol. The van der Waals surface area contributed by atoms with Crippen LogP contribution in [0.15, 0.2) is 54.6 Å². The van der Waals surface area contributed by atoms with Gasteiger partial charge in [0.15, 0.2) is 0 Å². The molecule has 2 rings (SSSR count). The van der Waals surface area contributed by atoms with Gasteiger partial charge in [0.25, 0.3) is 0 Å². The number of hydrogen-bond acceptors (Lipinski definition) is 2. The molecule has 2 aromatic carbocycles. The molecule has 0 aliphatic heterocycles. The summed E-state index contributed by atoms with van der Waals surface area (Å²) >= 11 is 0. The molecule has 0 bridgehead atoms. The Morgan fingerprint density at radius 3 is 2.40 bits per heavy atom. The molecule has 0 aliphatic rings. The molecule has 2 amide bonds. The molecule has 0 aromatic heterocycles. The van der Waals surface area contributed by atoms with Gasteiger partial charge < -0.3 is 15.4 Å². The Bertz CT molecular complexity index is 678. The van der Waals surface area contributed by atoms with E-state index in [1.165, 1.54) is 0 Å². The molecule has 0 aliphatic carbocycles. The van der Waals surface area contributed by atoms with Crippen LogP contribution in [0.25, 0.3) is 0 Å². The number of carbonyl (C=O) groups excluding carboxylic acids is 1. The number of nitrogens with one attached hydrogen (secondary N) is 2. The van der Waals surface area contributed by atoms with Crippen LogP contribution in [0, 0.1) is 0 Å². The van der Waals surface area contributed by atoms with E-state index in [0.29, 0.717) is 13.2 Å². The van der Waals surface area contributed by atoms with Gasteiger partial charge in [0.05, 0.1) is 18.2 Å². The second-order valence-electron chi connectivity index (χ2n) is 7.18. The van der Waals surface area contributed by atoms with Crippen molar-refractivity contribution in [2.24, 2.45) is 0 Å². The summed E-state index contributed by atoms with van der Waals surface area (Å²) in [6, 6.07) is 17.8. The van der Waals surface area contributed by atoms with E-state index < -0.39 is 0 Å². The van der Waals surface area contributed by atoms with Gasteiger partial charge in [-0.15, -0.1) is 0 Å². The van der Waals surface area contributed by atoms with E-state index in [4.69, 9.17) is 4.74 Å². The summed E-state index contributed by atoms with van der Waals surface area (Å²) in [5.74, 6) is 0. The average molecular weight is 340 g/mol. The fraction of sp³-hybridized carbons (Fsp3) is 0.381. The first-order valence-corrected chi connectivity index (χ1v) is 8.64. The molecule has 1 unspecified atom stereocenters. The zero-order valence-electron chi connectivity index (χ0n) is 15.5. The summed E-state index contributed by atoms with van der Waals surface area (Å²) < 4.78 is 5.80. The van der Waals surface area contributed by atoms with Crippen molar-refractivity contribution in [1.82, 2.24) is 10.6 Å². The molecule has 25 heavy (non-hydrogen) atoms. The smallest absolute Gasteiger partial charge is 0.315 e. The normalized spacial score (nSPS) is 12.5. The highest BCUT2D eigenvalue weighted by atomic mass is 16.5. The van der Waals surface area contributed by atoms with Crippen molar-refractivity contribution in [1.29, 1.82) is 0 Å². The summed E-state index contributed by atoms with van der Waals surface area (Å²) in [5.41, 5.74) is 3.07. The predicted molar refractivity (Wildman–Crippen MR) is 101 cm³/mol. The van der Waals surface area contributed by atoms with Gasteiger partial charge in [0.1, 0.15) is 0 Å². The van der Waals surface area contributed by atoms with Gasteiger partial charge in [-0.2, -0.15) is 0 Å². The third kappa shape index (κ3) is 6.98. The predicted octanol–water partition coefficient (Wildman–Crippen LogP) is 4.56. The van der Waals surface area contributed by atoms with Gasteiger partial charge in [-0.3, -0.25) is 0 Å². The van der Waals surface area contributed by atoms with Crippen LogP contribution in [-0.4, -0.2) is 11.6 Å². The Morgan fingerprint density at radius 1 is 1.04 bits per heavy atom. The van der Waals surface area contributed by atoms with Crippen LogP contribution < -0.4 is 10.6 Å². The minimum absolute atomic E-state index is 0.0345. The second-order valence-corrected chi connectivity index (χ2v) is 7.18. The van der Waals surface area contributed by atoms with E-state index in [2.05, 4.69) is 16.7 Å². The molecular formula is C21H28N2O2. The molecule has 1 atom stereocenters. The number of carbonyl (C=O) groups is 1. The van der Waals surface area contributed by atoms with Gasteiger partial charge in [-0.25, -0.2) is 4.79 Å². The highest BCUT2D eigenvalue weighted by Gasteiger charge is 2.11. The van der Waals surface area contributed by atoms with Crippen LogP contribution in [-0.2, 0) is 17.9 Å². The quantitative estimate of drug-likeness (QED) is 0.810. The van der Waals surface area contributed by atoms with E-state index in [1.54, 1.807) is 0 Å². The largest absolute Gasteiger partial charge is 0.371 e. The van der Waals surface area contributed by atoms with E-state index in [0.717, 1.165) is 16.7 Å². The Balaban J connectivity index is 1.83. The molecule has 4 nitrogen and oxygen atoms in total. The van der Waals surface area contributed by atoms with Gasteiger partial charge in [-0.05, 0) is 44.4 Å². The standard InChI is InChI=1S/C21H28N2O2/c1-16(19-11-6-5-7-12-19)23-20(24)22-14-17-9-8-10-18(13-17)15-25-21(2,3)4/h5-13,16H,14-15H2,1-4H3,(H2,22,23,24). The van der Waals surface area contributed by atoms with Gasteiger partial charge >= 0.3 is 6.03 Å². The third-order valence-electron chi connectivity index (χ3n) is 3.76. The second kappa shape index (κ2) is 8.67. The molecule has 2 aromatic rings. The fourth-order valence-corrected chi connectivity index (χ4v) is 2.38. The van der Waals surface area contributed by atoms with Crippen LogP contribution in [0.2, 0.25) is 0 Å². The lowest BCUT2D eigenvalue weighted by molar-refractivity contribution is -0.0149. The lowest BCUT2D eigenvalue weighted by Crippen LogP contribution is -2.36. The average Bonchev–Trinajstić information content (AvgIpc) is 2.59. The maximum Gasteiger partial charge on any atom is 0.315 e. The molecule has 0 heterocycles. The zero-order chi connectivity index (χ0) is 18.3. The highest BCUT2D eigenvalue weighted by Crippen LogP contribution is 2.13. The van der Waals surface area contributed by atoms with E-state index in [-0.39, 0.29) is 17.7 Å². The minimum Gasteiger partial charge on any atom is -0.371 e. The maximum absolute atomic E-state index is 12.1. The Labute approximate surface area is 150 Å². The van der Waals surface area contributed by atoms with Crippen molar-refractivity contribution in [2.45, 2.75) is 52.5 Å². The number of rotatable bonds is 6. The third-order valence-corrected chi connectivity index (χ3v) is 3.76. The minimum atomic E-state index is -0.173. The van der Waals surface area contributed by atoms with Crippen molar-refractivity contribution in [3.05, 3.63) is 71.3 Å². The molecule has 0 spiro atoms. The van der Waals surface area contributed by atoms with E-state index in [9.17, 15) is 4.79 Å². The van der Waals surface area contributed by atoms with Crippen LogP contribution in [0.4, 0.5) is 4.79 Å². The first-order valence-electron chi connectivity index (χ1n) is 8.64. The number of hydrogen-bond donors (Lipinski definition) is 2. The topological polar surface area (TPSA) is 50.4 Å². The number of ether oxygens (including phenoxy) is 1. The molecule has 0 radical (unpaired) electrons. The van der Waals surface area contributed by atoms with Gasteiger partial charge in [0.2, 0.25) is 0 Å². The summed E-state index contributed by atoms with van der Waals surface area (Å²) in [5, 5.41) is 5.86. The first kappa shape index (κ1) is 19.0. The molecule has 0 saturated carbocycles. The zero-order valence-corrected chi connectivity index (χ0v) is 15.5. The fourth-order valence-electron chi connectivity index (χ4n) is 2.38. The molecule has 4 heteroatoms. The highest BCUT2D eigenvalue weighted by molar-refractivity contribution is 5.74. The van der Waals surface area contributed by atoms with Crippen molar-refractivity contribution in [3.63, 3.8) is 0 Å². The molecule has 2 N–H and O–H groups in total. The molecular weight excluding hydrogens is 312 g/mol. The Morgan fingerprint density at radius 2 is 1.72 bits per heavy atom. The maximum atomic E-state index is 12.1. The van der Waals surface area contributed by atoms with Crippen LogP contribution in [0.5, 0.6) is 0 Å².